The largest absolute Gasteiger partial charge is 0.0651 e. The number of hydrogen-bond donors (Lipinski definition) is 0. The lowest BCUT2D eigenvalue weighted by atomic mass is 9.55. The van der Waals surface area contributed by atoms with Gasteiger partial charge in [-0.15, -0.1) is 0 Å². The number of rotatable bonds is 1. The summed E-state index contributed by atoms with van der Waals surface area (Å²) < 4.78 is 0. The van der Waals surface area contributed by atoms with Crippen molar-refractivity contribution >= 4 is 0 Å². The predicted molar refractivity (Wildman–Crippen MR) is 59.8 cm³/mol. The van der Waals surface area contributed by atoms with Crippen LogP contribution in [0, 0.1) is 16.7 Å². The van der Waals surface area contributed by atoms with E-state index in [0.29, 0.717) is 10.8 Å². The molecular formula is C13H26. The minimum absolute atomic E-state index is 0.480. The van der Waals surface area contributed by atoms with Crippen LogP contribution in [-0.2, 0) is 0 Å². The van der Waals surface area contributed by atoms with Gasteiger partial charge in [0.15, 0.2) is 0 Å². The summed E-state index contributed by atoms with van der Waals surface area (Å²) in [4.78, 5) is 0. The Kier molecular flexibility index (Phi) is 3.09. The van der Waals surface area contributed by atoms with Crippen LogP contribution in [0.25, 0.3) is 0 Å². The fourth-order valence-electron chi connectivity index (χ4n) is 3.05. The van der Waals surface area contributed by atoms with Crippen LogP contribution in [-0.4, -0.2) is 0 Å². The van der Waals surface area contributed by atoms with Crippen LogP contribution in [0.3, 0.4) is 0 Å². The average Bonchev–Trinajstić information content (AvgIpc) is 2.03. The molecule has 0 amide bonds. The van der Waals surface area contributed by atoms with Gasteiger partial charge in [0, 0.05) is 0 Å². The Balaban J connectivity index is 2.83. The molecule has 1 aliphatic rings. The minimum Gasteiger partial charge on any atom is -0.0651 e. The molecule has 1 saturated carbocycles. The van der Waals surface area contributed by atoms with E-state index >= 15 is 0 Å². The Morgan fingerprint density at radius 2 is 1.85 bits per heavy atom. The van der Waals surface area contributed by atoms with Gasteiger partial charge in [-0.3, -0.25) is 0 Å². The zero-order valence-electron chi connectivity index (χ0n) is 10.1. The molecule has 0 aliphatic heterocycles. The van der Waals surface area contributed by atoms with E-state index in [-0.39, 0.29) is 0 Å². The van der Waals surface area contributed by atoms with Crippen molar-refractivity contribution in [3.63, 3.8) is 0 Å². The van der Waals surface area contributed by atoms with E-state index in [1.807, 2.05) is 0 Å². The lowest BCUT2D eigenvalue weighted by molar-refractivity contribution is -0.00572. The summed E-state index contributed by atoms with van der Waals surface area (Å²) >= 11 is 0. The van der Waals surface area contributed by atoms with Crippen molar-refractivity contribution in [2.24, 2.45) is 16.7 Å². The van der Waals surface area contributed by atoms with Crippen molar-refractivity contribution in [2.45, 2.75) is 66.7 Å². The molecular weight excluding hydrogens is 156 g/mol. The summed E-state index contributed by atoms with van der Waals surface area (Å²) in [5.41, 5.74) is 1.06. The molecule has 0 spiro atoms. The van der Waals surface area contributed by atoms with Crippen LogP contribution in [0.4, 0.5) is 0 Å². The van der Waals surface area contributed by atoms with Gasteiger partial charge in [-0.1, -0.05) is 53.9 Å². The van der Waals surface area contributed by atoms with E-state index in [1.54, 1.807) is 0 Å². The molecule has 0 heterocycles. The molecule has 0 saturated heterocycles. The van der Waals surface area contributed by atoms with Gasteiger partial charge in [-0.2, -0.15) is 0 Å². The van der Waals surface area contributed by atoms with Crippen LogP contribution in [0.1, 0.15) is 66.7 Å². The second kappa shape index (κ2) is 3.63. The molecule has 0 radical (unpaired) electrons. The fourth-order valence-corrected chi connectivity index (χ4v) is 3.05. The first-order chi connectivity index (χ1) is 5.92. The molecule has 0 bridgehead atoms. The maximum Gasteiger partial charge on any atom is -0.0249 e. The SMILES string of the molecule is CCC1CCCCC1(C)C(C)(C)C. The third kappa shape index (κ3) is 1.92. The van der Waals surface area contributed by atoms with Gasteiger partial charge in [0.25, 0.3) is 0 Å². The van der Waals surface area contributed by atoms with Crippen molar-refractivity contribution in [2.75, 3.05) is 0 Å². The molecule has 0 aromatic carbocycles. The minimum atomic E-state index is 0.480. The van der Waals surface area contributed by atoms with Crippen LogP contribution >= 0.6 is 0 Å². The first-order valence-corrected chi connectivity index (χ1v) is 5.92. The Morgan fingerprint density at radius 3 is 2.23 bits per heavy atom. The van der Waals surface area contributed by atoms with Gasteiger partial charge in [0.05, 0.1) is 0 Å². The third-order valence-electron chi connectivity index (χ3n) is 4.61. The van der Waals surface area contributed by atoms with Gasteiger partial charge in [-0.05, 0) is 29.6 Å². The van der Waals surface area contributed by atoms with Crippen LogP contribution < -0.4 is 0 Å². The maximum absolute atomic E-state index is 2.51. The molecule has 0 N–H and O–H groups in total. The molecule has 2 atom stereocenters. The van der Waals surface area contributed by atoms with E-state index in [0.717, 1.165) is 5.92 Å². The summed E-state index contributed by atoms with van der Waals surface area (Å²) in [6.45, 7) is 12.1. The summed E-state index contributed by atoms with van der Waals surface area (Å²) in [5, 5.41) is 0. The molecule has 1 fully saturated rings. The van der Waals surface area contributed by atoms with Crippen molar-refractivity contribution in [1.82, 2.24) is 0 Å². The maximum atomic E-state index is 2.51. The molecule has 1 rings (SSSR count). The third-order valence-corrected chi connectivity index (χ3v) is 4.61. The van der Waals surface area contributed by atoms with Gasteiger partial charge in [-0.25, -0.2) is 0 Å². The van der Waals surface area contributed by atoms with E-state index in [2.05, 4.69) is 34.6 Å². The van der Waals surface area contributed by atoms with Crippen LogP contribution in [0.2, 0.25) is 0 Å². The van der Waals surface area contributed by atoms with E-state index in [9.17, 15) is 0 Å². The lowest BCUT2D eigenvalue weighted by Gasteiger charge is -2.50. The Morgan fingerprint density at radius 1 is 1.23 bits per heavy atom. The topological polar surface area (TPSA) is 0 Å². The van der Waals surface area contributed by atoms with Crippen molar-refractivity contribution < 1.29 is 0 Å². The average molecular weight is 182 g/mol. The molecule has 78 valence electrons. The van der Waals surface area contributed by atoms with Gasteiger partial charge in [0.2, 0.25) is 0 Å². The van der Waals surface area contributed by atoms with E-state index < -0.39 is 0 Å². The van der Waals surface area contributed by atoms with Gasteiger partial charge >= 0.3 is 0 Å². The van der Waals surface area contributed by atoms with Crippen molar-refractivity contribution in [3.05, 3.63) is 0 Å². The van der Waals surface area contributed by atoms with Gasteiger partial charge < -0.3 is 0 Å². The Labute approximate surface area is 84.1 Å². The summed E-state index contributed by atoms with van der Waals surface area (Å²) in [7, 11) is 0. The highest BCUT2D eigenvalue weighted by Gasteiger charge is 2.43. The van der Waals surface area contributed by atoms with Crippen LogP contribution in [0.15, 0.2) is 0 Å². The zero-order valence-corrected chi connectivity index (χ0v) is 10.1. The lowest BCUT2D eigenvalue weighted by Crippen LogP contribution is -2.41. The molecule has 0 heteroatoms. The molecule has 1 aliphatic carbocycles. The second-order valence-corrected chi connectivity index (χ2v) is 6.02. The van der Waals surface area contributed by atoms with Crippen molar-refractivity contribution in [1.29, 1.82) is 0 Å². The smallest absolute Gasteiger partial charge is 0.0249 e. The van der Waals surface area contributed by atoms with Crippen molar-refractivity contribution in [3.8, 4) is 0 Å². The summed E-state index contributed by atoms with van der Waals surface area (Å²) in [5.74, 6) is 0.959. The molecule has 13 heavy (non-hydrogen) atoms. The fraction of sp³-hybridized carbons (Fsp3) is 1.00. The zero-order chi connectivity index (χ0) is 10.1. The first kappa shape index (κ1) is 11.1. The quantitative estimate of drug-likeness (QED) is 0.554. The molecule has 0 aromatic heterocycles. The molecule has 2 unspecified atom stereocenters. The first-order valence-electron chi connectivity index (χ1n) is 5.92. The summed E-state index contributed by atoms with van der Waals surface area (Å²) in [6, 6.07) is 0. The summed E-state index contributed by atoms with van der Waals surface area (Å²) in [6.07, 6.45) is 7.18. The molecule has 0 nitrogen and oxygen atoms in total. The number of hydrogen-bond acceptors (Lipinski definition) is 0. The highest BCUT2D eigenvalue weighted by atomic mass is 14.5. The van der Waals surface area contributed by atoms with E-state index in [4.69, 9.17) is 0 Å². The normalized spacial score (nSPS) is 36.2. The monoisotopic (exact) mass is 182 g/mol. The Hall–Kier alpha value is 0. The van der Waals surface area contributed by atoms with E-state index in [1.165, 1.54) is 32.1 Å². The molecule has 0 aromatic rings. The predicted octanol–water partition coefficient (Wildman–Crippen LogP) is 4.64. The van der Waals surface area contributed by atoms with Crippen LogP contribution in [0.5, 0.6) is 0 Å². The highest BCUT2D eigenvalue weighted by molar-refractivity contribution is 4.93. The van der Waals surface area contributed by atoms with Gasteiger partial charge in [0.1, 0.15) is 0 Å². The standard InChI is InChI=1S/C13H26/c1-6-11-9-7-8-10-13(11,5)12(2,3)4/h11H,6-10H2,1-5H3. The Bertz CT molecular complexity index is 163. The highest BCUT2D eigenvalue weighted by Crippen LogP contribution is 2.53. The second-order valence-electron chi connectivity index (χ2n) is 6.02.